The second-order valence-corrected chi connectivity index (χ2v) is 11.9. The molecule has 0 fully saturated rings. The molecule has 1 aliphatic rings. The lowest BCUT2D eigenvalue weighted by molar-refractivity contribution is -0.154. The molecule has 0 bridgehead atoms. The topological polar surface area (TPSA) is 116 Å². The average Bonchev–Trinajstić information content (AvgIpc) is 2.97. The summed E-state index contributed by atoms with van der Waals surface area (Å²) in [6, 6.07) is 0. The van der Waals surface area contributed by atoms with E-state index in [1.165, 1.54) is 24.8 Å². The minimum atomic E-state index is -0.886. The largest absolute Gasteiger partial charge is 0.466 e. The van der Waals surface area contributed by atoms with Crippen LogP contribution in [-0.4, -0.2) is 54.7 Å². The average molecular weight is 613 g/mol. The molecule has 0 amide bonds. The Hall–Kier alpha value is -3.52. The number of rotatable bonds is 17. The summed E-state index contributed by atoms with van der Waals surface area (Å²) in [6.45, 7) is 14.9. The molecule has 0 saturated heterocycles. The van der Waals surface area contributed by atoms with Gasteiger partial charge in [0.2, 0.25) is 0 Å². The van der Waals surface area contributed by atoms with Crippen molar-refractivity contribution in [1.82, 2.24) is 0 Å². The van der Waals surface area contributed by atoms with Crippen molar-refractivity contribution in [3.05, 3.63) is 71.4 Å². The molecule has 1 rings (SSSR count). The predicted molar refractivity (Wildman–Crippen MR) is 172 cm³/mol. The molecule has 0 spiro atoms. The lowest BCUT2D eigenvalue weighted by Gasteiger charge is -2.25. The zero-order valence-electron chi connectivity index (χ0n) is 27.9. The summed E-state index contributed by atoms with van der Waals surface area (Å²) >= 11 is 0. The Kier molecular flexibility index (Phi) is 17.2. The number of aliphatic hydroxyl groups excluding tert-OH is 1. The highest BCUT2D eigenvalue weighted by atomic mass is 16.6. The molecule has 0 unspecified atom stereocenters. The maximum absolute atomic E-state index is 13.1. The van der Waals surface area contributed by atoms with Gasteiger partial charge in [0, 0.05) is 29.9 Å². The summed E-state index contributed by atoms with van der Waals surface area (Å²) in [6.07, 6.45) is 17.8. The maximum atomic E-state index is 13.1. The molecule has 8 heteroatoms. The number of aliphatic hydroxyl groups is 1. The lowest BCUT2D eigenvalue weighted by atomic mass is 9.83. The molecule has 1 N–H and O–H groups in total. The van der Waals surface area contributed by atoms with Gasteiger partial charge in [0.05, 0.1) is 13.2 Å². The molecule has 1 heterocycles. The van der Waals surface area contributed by atoms with Gasteiger partial charge in [0.15, 0.2) is 6.61 Å². The minimum Gasteiger partial charge on any atom is -0.466 e. The van der Waals surface area contributed by atoms with Crippen LogP contribution in [0.4, 0.5) is 0 Å². The van der Waals surface area contributed by atoms with Crippen molar-refractivity contribution in [2.75, 3.05) is 13.7 Å². The standard InChI is InChI=1S/C36H52O8/c1-10-30(15-16-31-26(5)14-17-32(37)44-31)20-24(3)13-11-12-23(2)18-27(6)35(40)29(8)36(41)28(7)19-25(4)21-33(38)43-22-34(39)42-9/h11-12,14-18,20-21,24,26-29,31,36,41H,10,13,19,22H2,1-9H3/b12-11+,16-15+,23-18+,25-21+,30-20-/t24-,26+,27-,28+,29-,31+,36-/m1/s1. The van der Waals surface area contributed by atoms with Crippen LogP contribution in [0.15, 0.2) is 71.4 Å². The molecule has 0 aromatic heterocycles. The van der Waals surface area contributed by atoms with Crippen molar-refractivity contribution in [3.8, 4) is 0 Å². The van der Waals surface area contributed by atoms with Gasteiger partial charge < -0.3 is 19.3 Å². The summed E-state index contributed by atoms with van der Waals surface area (Å²) in [7, 11) is 1.21. The number of esters is 3. The van der Waals surface area contributed by atoms with Gasteiger partial charge in [-0.15, -0.1) is 0 Å². The normalized spacial score (nSPS) is 21.5. The number of ketones is 1. The Morgan fingerprint density at radius 3 is 2.41 bits per heavy atom. The van der Waals surface area contributed by atoms with E-state index in [1.54, 1.807) is 13.8 Å². The second kappa shape index (κ2) is 19.7. The van der Waals surface area contributed by atoms with Crippen LogP contribution in [0, 0.1) is 29.6 Å². The third-order valence-corrected chi connectivity index (χ3v) is 7.68. The number of cyclic esters (lactones) is 1. The van der Waals surface area contributed by atoms with Gasteiger partial charge in [-0.1, -0.05) is 94.7 Å². The number of Topliss-reactive ketones (excluding diaryl/α,β-unsaturated/α-hetero) is 1. The predicted octanol–water partition coefficient (Wildman–Crippen LogP) is 6.42. The molecule has 0 aromatic rings. The molecule has 0 aromatic carbocycles. The Labute approximate surface area is 263 Å². The highest BCUT2D eigenvalue weighted by Crippen LogP contribution is 2.24. The SMILES string of the molecule is CCC(=C/[C@H](C)C/C=C/C(C)=C/[C@@H](C)C(=O)[C@@H](C)[C@H](O)[C@@H](C)C/C(C)=C/C(=O)OCC(=O)OC)/C=C/[C@@H]1OC(=O)C=C[C@@H]1C. The van der Waals surface area contributed by atoms with E-state index in [9.17, 15) is 24.3 Å². The zero-order chi connectivity index (χ0) is 33.4. The van der Waals surface area contributed by atoms with Gasteiger partial charge in [-0.25, -0.2) is 14.4 Å². The van der Waals surface area contributed by atoms with Gasteiger partial charge in [-0.05, 0) is 51.0 Å². The molecule has 0 aliphatic carbocycles. The van der Waals surface area contributed by atoms with E-state index >= 15 is 0 Å². The fourth-order valence-electron chi connectivity index (χ4n) is 4.97. The van der Waals surface area contributed by atoms with Gasteiger partial charge in [-0.2, -0.15) is 0 Å². The van der Waals surface area contributed by atoms with Crippen molar-refractivity contribution in [2.24, 2.45) is 29.6 Å². The van der Waals surface area contributed by atoms with Gasteiger partial charge in [0.1, 0.15) is 11.9 Å². The van der Waals surface area contributed by atoms with Crippen LogP contribution in [0.5, 0.6) is 0 Å². The number of ether oxygens (including phenoxy) is 3. The first-order valence-electron chi connectivity index (χ1n) is 15.4. The number of methoxy groups -OCH3 is 1. The highest BCUT2D eigenvalue weighted by Gasteiger charge is 2.29. The third kappa shape index (κ3) is 14.3. The molecule has 0 radical (unpaired) electrons. The summed E-state index contributed by atoms with van der Waals surface area (Å²) in [4.78, 5) is 47.7. The molecule has 244 valence electrons. The second-order valence-electron chi connectivity index (χ2n) is 11.9. The Morgan fingerprint density at radius 2 is 1.77 bits per heavy atom. The van der Waals surface area contributed by atoms with E-state index < -0.39 is 30.6 Å². The molecular weight excluding hydrogens is 560 g/mol. The first kappa shape index (κ1) is 38.5. The lowest BCUT2D eigenvalue weighted by Crippen LogP contribution is -2.34. The van der Waals surface area contributed by atoms with Crippen LogP contribution < -0.4 is 0 Å². The van der Waals surface area contributed by atoms with Crippen LogP contribution >= 0.6 is 0 Å². The summed E-state index contributed by atoms with van der Waals surface area (Å²) in [5.41, 5.74) is 2.83. The van der Waals surface area contributed by atoms with Gasteiger partial charge >= 0.3 is 17.9 Å². The van der Waals surface area contributed by atoms with Crippen molar-refractivity contribution >= 4 is 23.7 Å². The Morgan fingerprint density at radius 1 is 1.09 bits per heavy atom. The van der Waals surface area contributed by atoms with Crippen molar-refractivity contribution in [3.63, 3.8) is 0 Å². The number of hydrogen-bond donors (Lipinski definition) is 1. The first-order valence-corrected chi connectivity index (χ1v) is 15.4. The van der Waals surface area contributed by atoms with E-state index in [0.717, 1.165) is 18.4 Å². The summed E-state index contributed by atoms with van der Waals surface area (Å²) < 4.78 is 14.7. The minimum absolute atomic E-state index is 0.0552. The Bertz CT molecular complexity index is 1170. The van der Waals surface area contributed by atoms with Crippen LogP contribution in [0.25, 0.3) is 0 Å². The van der Waals surface area contributed by atoms with E-state index in [4.69, 9.17) is 9.47 Å². The summed E-state index contributed by atoms with van der Waals surface area (Å²) in [5, 5.41) is 10.9. The zero-order valence-corrected chi connectivity index (χ0v) is 27.9. The molecule has 8 nitrogen and oxygen atoms in total. The van der Waals surface area contributed by atoms with Crippen LogP contribution in [-0.2, 0) is 33.4 Å². The fraction of sp³-hybridized carbons (Fsp3) is 0.556. The maximum Gasteiger partial charge on any atom is 0.344 e. The first-order chi connectivity index (χ1) is 20.7. The number of carbonyl (C=O) groups is 4. The molecule has 0 saturated carbocycles. The molecular formula is C36H52O8. The van der Waals surface area contributed by atoms with Crippen LogP contribution in [0.3, 0.4) is 0 Å². The van der Waals surface area contributed by atoms with E-state index in [1.807, 2.05) is 58.1 Å². The van der Waals surface area contributed by atoms with Gasteiger partial charge in [0.25, 0.3) is 0 Å². The Balaban J connectivity index is 2.67. The number of carbonyl (C=O) groups excluding carboxylic acids is 4. The van der Waals surface area contributed by atoms with Crippen LogP contribution in [0.2, 0.25) is 0 Å². The smallest absolute Gasteiger partial charge is 0.344 e. The molecule has 44 heavy (non-hydrogen) atoms. The monoisotopic (exact) mass is 612 g/mol. The number of allylic oxidation sites excluding steroid dienone is 8. The van der Waals surface area contributed by atoms with Crippen molar-refractivity contribution in [1.29, 1.82) is 0 Å². The van der Waals surface area contributed by atoms with E-state index in [2.05, 4.69) is 30.7 Å². The van der Waals surface area contributed by atoms with Crippen LogP contribution in [0.1, 0.15) is 74.7 Å². The van der Waals surface area contributed by atoms with E-state index in [-0.39, 0.29) is 35.6 Å². The van der Waals surface area contributed by atoms with Gasteiger partial charge in [-0.3, -0.25) is 4.79 Å². The summed E-state index contributed by atoms with van der Waals surface area (Å²) in [5.74, 6) is -2.46. The number of hydrogen-bond acceptors (Lipinski definition) is 8. The molecule has 7 atom stereocenters. The highest BCUT2D eigenvalue weighted by molar-refractivity contribution is 5.85. The van der Waals surface area contributed by atoms with E-state index in [0.29, 0.717) is 17.9 Å². The molecule has 1 aliphatic heterocycles. The quantitative estimate of drug-likeness (QED) is 0.0866. The third-order valence-electron chi connectivity index (χ3n) is 7.68. The fourth-order valence-corrected chi connectivity index (χ4v) is 4.97. The van der Waals surface area contributed by atoms with Crippen molar-refractivity contribution in [2.45, 2.75) is 86.9 Å². The van der Waals surface area contributed by atoms with Crippen molar-refractivity contribution < 1.29 is 38.5 Å².